The van der Waals surface area contributed by atoms with Crippen molar-refractivity contribution >= 4 is 49.9 Å². The summed E-state index contributed by atoms with van der Waals surface area (Å²) in [6, 6.07) is 13.0. The maximum Gasteiger partial charge on any atom is 0.323 e. The van der Waals surface area contributed by atoms with Gasteiger partial charge in [-0.25, -0.2) is 4.98 Å². The fourth-order valence-corrected chi connectivity index (χ4v) is 4.22. The number of fused-ring (bicyclic) bond motifs is 2. The summed E-state index contributed by atoms with van der Waals surface area (Å²) in [5.41, 5.74) is 2.75. The highest BCUT2D eigenvalue weighted by molar-refractivity contribution is 9.10. The molecule has 0 aliphatic heterocycles. The van der Waals surface area contributed by atoms with Gasteiger partial charge in [0.15, 0.2) is 0 Å². The van der Waals surface area contributed by atoms with Gasteiger partial charge < -0.3 is 9.67 Å². The minimum Gasteiger partial charge on any atom is -0.480 e. The first-order valence-corrected chi connectivity index (χ1v) is 11.2. The average Bonchev–Trinajstić information content (AvgIpc) is 3.03. The molecule has 0 bridgehead atoms. The zero-order chi connectivity index (χ0) is 23.0. The van der Waals surface area contributed by atoms with Crippen molar-refractivity contribution in [3.8, 4) is 0 Å². The molecule has 7 nitrogen and oxygen atoms in total. The Balaban J connectivity index is 1.94. The van der Waals surface area contributed by atoms with E-state index in [9.17, 15) is 14.7 Å². The van der Waals surface area contributed by atoms with Crippen LogP contribution in [-0.2, 0) is 11.3 Å². The lowest BCUT2D eigenvalue weighted by atomic mass is 10.1. The number of aromatic nitrogens is 3. The number of para-hydroxylation sites is 1. The van der Waals surface area contributed by atoms with E-state index < -0.39 is 5.97 Å². The second-order valence-electron chi connectivity index (χ2n) is 7.80. The Morgan fingerprint density at radius 2 is 2.00 bits per heavy atom. The predicted octanol–water partition coefficient (Wildman–Crippen LogP) is 4.90. The van der Waals surface area contributed by atoms with Crippen molar-refractivity contribution in [2.75, 3.05) is 0 Å². The van der Waals surface area contributed by atoms with E-state index >= 15 is 0 Å². The molecule has 0 aliphatic carbocycles. The van der Waals surface area contributed by atoms with E-state index in [1.54, 1.807) is 16.8 Å². The normalized spacial score (nSPS) is 12.8. The molecule has 0 radical (unpaired) electrons. The molecule has 164 valence electrons. The van der Waals surface area contributed by atoms with Gasteiger partial charge in [0.2, 0.25) is 0 Å². The Morgan fingerprint density at radius 3 is 2.72 bits per heavy atom. The summed E-state index contributed by atoms with van der Waals surface area (Å²) >= 11 is 3.42. The quantitative estimate of drug-likeness (QED) is 0.386. The second kappa shape index (κ2) is 8.70. The summed E-state index contributed by atoms with van der Waals surface area (Å²) in [7, 11) is 0. The largest absolute Gasteiger partial charge is 0.480 e. The third-order valence-electron chi connectivity index (χ3n) is 5.76. The number of hydrogen-bond acceptors (Lipinski definition) is 4. The van der Waals surface area contributed by atoms with E-state index in [-0.39, 0.29) is 18.0 Å². The number of nitrogens with zero attached hydrogens (tertiary/aromatic N) is 4. The highest BCUT2D eigenvalue weighted by Crippen LogP contribution is 2.25. The minimum absolute atomic E-state index is 0.0300. The van der Waals surface area contributed by atoms with Crippen molar-refractivity contribution in [1.29, 1.82) is 0 Å². The molecule has 32 heavy (non-hydrogen) atoms. The summed E-state index contributed by atoms with van der Waals surface area (Å²) in [5.74, 6) is -0.297. The molecule has 2 aromatic carbocycles. The Morgan fingerprint density at radius 1 is 1.25 bits per heavy atom. The molecule has 0 saturated carbocycles. The SMILES string of the molecule is CC[C@H](C)c1nc2ccc(Br)cc2c(=O)n1N=Cc1c(C)n(CC(=O)O)c2ccccc12. The van der Waals surface area contributed by atoms with E-state index in [2.05, 4.69) is 21.0 Å². The lowest BCUT2D eigenvalue weighted by Crippen LogP contribution is -2.23. The number of benzene rings is 2. The van der Waals surface area contributed by atoms with Gasteiger partial charge in [-0.1, -0.05) is 48.0 Å². The molecule has 1 N–H and O–H groups in total. The van der Waals surface area contributed by atoms with Crippen molar-refractivity contribution < 1.29 is 9.90 Å². The van der Waals surface area contributed by atoms with E-state index in [0.29, 0.717) is 16.7 Å². The number of hydrogen-bond donors (Lipinski definition) is 1. The van der Waals surface area contributed by atoms with Crippen LogP contribution in [0.4, 0.5) is 0 Å². The summed E-state index contributed by atoms with van der Waals surface area (Å²) < 4.78 is 3.90. The van der Waals surface area contributed by atoms with Crippen molar-refractivity contribution in [2.45, 2.75) is 39.7 Å². The molecule has 1 atom stereocenters. The van der Waals surface area contributed by atoms with Crippen LogP contribution in [0.25, 0.3) is 21.8 Å². The summed E-state index contributed by atoms with van der Waals surface area (Å²) in [4.78, 5) is 29.5. The first-order chi connectivity index (χ1) is 15.3. The fraction of sp³-hybridized carbons (Fsp3) is 0.250. The highest BCUT2D eigenvalue weighted by atomic mass is 79.9. The molecule has 0 aliphatic rings. The molecule has 0 saturated heterocycles. The second-order valence-corrected chi connectivity index (χ2v) is 8.71. The van der Waals surface area contributed by atoms with Gasteiger partial charge in [-0.2, -0.15) is 9.78 Å². The van der Waals surface area contributed by atoms with Gasteiger partial charge in [0.1, 0.15) is 12.4 Å². The van der Waals surface area contributed by atoms with Crippen LogP contribution in [0.3, 0.4) is 0 Å². The van der Waals surface area contributed by atoms with E-state index in [1.807, 2.05) is 57.2 Å². The molecule has 4 rings (SSSR count). The van der Waals surface area contributed by atoms with Crippen LogP contribution >= 0.6 is 15.9 Å². The number of halogens is 1. The van der Waals surface area contributed by atoms with Crippen LogP contribution in [0, 0.1) is 6.92 Å². The fourth-order valence-electron chi connectivity index (χ4n) is 3.85. The maximum absolute atomic E-state index is 13.3. The van der Waals surface area contributed by atoms with Crippen LogP contribution in [0.1, 0.15) is 43.3 Å². The highest BCUT2D eigenvalue weighted by Gasteiger charge is 2.17. The van der Waals surface area contributed by atoms with Gasteiger partial charge in [0, 0.05) is 32.6 Å². The van der Waals surface area contributed by atoms with Crippen LogP contribution in [0.2, 0.25) is 0 Å². The first kappa shape index (κ1) is 22.0. The maximum atomic E-state index is 13.3. The van der Waals surface area contributed by atoms with E-state index in [1.165, 1.54) is 4.68 Å². The average molecular weight is 495 g/mol. The molecular formula is C24H23BrN4O3. The topological polar surface area (TPSA) is 89.5 Å². The Bertz CT molecular complexity index is 1430. The molecule has 2 heterocycles. The first-order valence-electron chi connectivity index (χ1n) is 10.4. The molecule has 2 aromatic heterocycles. The number of carboxylic acids is 1. The van der Waals surface area contributed by atoms with E-state index in [4.69, 9.17) is 4.98 Å². The third kappa shape index (κ3) is 3.86. The molecule has 4 aromatic rings. The van der Waals surface area contributed by atoms with Gasteiger partial charge in [-0.05, 0) is 37.6 Å². The van der Waals surface area contributed by atoms with Gasteiger partial charge in [0.25, 0.3) is 5.56 Å². The van der Waals surface area contributed by atoms with Crippen LogP contribution in [-0.4, -0.2) is 31.5 Å². The van der Waals surface area contributed by atoms with Crippen molar-refractivity contribution in [2.24, 2.45) is 5.10 Å². The summed E-state index contributed by atoms with van der Waals surface area (Å²) in [6.07, 6.45) is 2.44. The number of rotatable bonds is 6. The van der Waals surface area contributed by atoms with Gasteiger partial charge in [-0.15, -0.1) is 0 Å². The van der Waals surface area contributed by atoms with Crippen LogP contribution < -0.4 is 5.56 Å². The summed E-state index contributed by atoms with van der Waals surface area (Å²) in [6.45, 7) is 5.77. The number of carboxylic acid groups (broad SMARTS) is 1. The standard InChI is InChI=1S/C24H23BrN4O3/c1-4-14(2)23-27-20-10-9-16(25)11-18(20)24(32)29(23)26-12-19-15(3)28(13-22(30)31)21-8-6-5-7-17(19)21/h5-12,14H,4,13H2,1-3H3,(H,30,31)/t14-/m0/s1. The Hall–Kier alpha value is -3.26. The predicted molar refractivity (Wildman–Crippen MR) is 130 cm³/mol. The summed E-state index contributed by atoms with van der Waals surface area (Å²) in [5, 5.41) is 15.3. The Labute approximate surface area is 193 Å². The molecule has 0 amide bonds. The van der Waals surface area contributed by atoms with Crippen molar-refractivity contribution in [1.82, 2.24) is 14.2 Å². The minimum atomic E-state index is -0.920. The van der Waals surface area contributed by atoms with Gasteiger partial charge in [-0.3, -0.25) is 9.59 Å². The molecular weight excluding hydrogens is 472 g/mol. The van der Waals surface area contributed by atoms with Gasteiger partial charge >= 0.3 is 5.97 Å². The number of carbonyl (C=O) groups is 1. The lowest BCUT2D eigenvalue weighted by Gasteiger charge is -2.14. The monoisotopic (exact) mass is 494 g/mol. The molecule has 8 heteroatoms. The smallest absolute Gasteiger partial charge is 0.323 e. The lowest BCUT2D eigenvalue weighted by molar-refractivity contribution is -0.137. The zero-order valence-electron chi connectivity index (χ0n) is 18.0. The third-order valence-corrected chi connectivity index (χ3v) is 6.26. The zero-order valence-corrected chi connectivity index (χ0v) is 19.6. The molecule has 0 fully saturated rings. The molecule has 0 spiro atoms. The van der Waals surface area contributed by atoms with Crippen molar-refractivity contribution in [3.63, 3.8) is 0 Å². The van der Waals surface area contributed by atoms with Gasteiger partial charge in [0.05, 0.1) is 17.1 Å². The number of aliphatic carboxylic acids is 1. The van der Waals surface area contributed by atoms with E-state index in [0.717, 1.165) is 33.1 Å². The van der Waals surface area contributed by atoms with Crippen LogP contribution in [0.15, 0.2) is 56.8 Å². The van der Waals surface area contributed by atoms with Crippen LogP contribution in [0.5, 0.6) is 0 Å². The Kier molecular flexibility index (Phi) is 5.97. The van der Waals surface area contributed by atoms with Crippen molar-refractivity contribution in [3.05, 3.63) is 74.4 Å². The molecule has 0 unspecified atom stereocenters.